The van der Waals surface area contributed by atoms with Crippen molar-refractivity contribution in [2.45, 2.75) is 78.0 Å². The molecule has 2 N–H and O–H groups in total. The molecule has 0 radical (unpaired) electrons. The van der Waals surface area contributed by atoms with Crippen molar-refractivity contribution < 1.29 is 9.18 Å². The fourth-order valence-corrected chi connectivity index (χ4v) is 5.53. The molecule has 180 valence electrons. The first-order valence-corrected chi connectivity index (χ1v) is 12.3. The highest BCUT2D eigenvalue weighted by Crippen LogP contribution is 2.32. The van der Waals surface area contributed by atoms with E-state index in [0.29, 0.717) is 18.6 Å². The number of rotatable bonds is 6. The van der Waals surface area contributed by atoms with E-state index in [4.69, 9.17) is 10.7 Å². The van der Waals surface area contributed by atoms with E-state index in [1.807, 2.05) is 24.8 Å². The van der Waals surface area contributed by atoms with Gasteiger partial charge >= 0.3 is 0 Å². The lowest BCUT2D eigenvalue weighted by Crippen LogP contribution is -2.43. The lowest BCUT2D eigenvalue weighted by molar-refractivity contribution is -0.135. The molecule has 0 aliphatic carbocycles. The van der Waals surface area contributed by atoms with Crippen LogP contribution in [-0.2, 0) is 17.8 Å². The molecular formula is C26H38FN5O. The second-order valence-corrected chi connectivity index (χ2v) is 10.1. The number of nitrogens with two attached hydrogens (primary N) is 1. The molecule has 0 saturated carbocycles. The van der Waals surface area contributed by atoms with E-state index in [0.717, 1.165) is 62.4 Å². The Bertz CT molecular complexity index is 979. The van der Waals surface area contributed by atoms with Crippen LogP contribution in [0.25, 0.3) is 0 Å². The number of nitrogens with zero attached hydrogens (tertiary/aromatic N) is 4. The minimum Gasteiger partial charge on any atom is -0.336 e. The van der Waals surface area contributed by atoms with Gasteiger partial charge in [-0.15, -0.1) is 0 Å². The van der Waals surface area contributed by atoms with E-state index in [9.17, 15) is 9.18 Å². The molecule has 1 saturated heterocycles. The zero-order chi connectivity index (χ0) is 23.7. The number of halogens is 1. The molecule has 1 aromatic heterocycles. The minimum atomic E-state index is -0.232. The minimum absolute atomic E-state index is 0.0208. The molecule has 4 rings (SSSR count). The number of aromatic nitrogens is 2. The van der Waals surface area contributed by atoms with Crippen LogP contribution in [0.1, 0.15) is 74.9 Å². The highest BCUT2D eigenvalue weighted by atomic mass is 19.1. The lowest BCUT2D eigenvalue weighted by atomic mass is 9.97. The molecule has 7 heteroatoms. The molecule has 1 fully saturated rings. The summed E-state index contributed by atoms with van der Waals surface area (Å²) >= 11 is 0. The van der Waals surface area contributed by atoms with Crippen molar-refractivity contribution in [3.8, 4) is 0 Å². The van der Waals surface area contributed by atoms with E-state index in [1.165, 1.54) is 11.8 Å². The first-order chi connectivity index (χ1) is 15.7. The number of fused-ring (bicyclic) bond motifs is 1. The van der Waals surface area contributed by atoms with Gasteiger partial charge in [0.15, 0.2) is 0 Å². The Balaban J connectivity index is 1.38. The van der Waals surface area contributed by atoms with Crippen LogP contribution in [0.4, 0.5) is 4.39 Å². The van der Waals surface area contributed by atoms with Crippen molar-refractivity contribution in [1.82, 2.24) is 19.4 Å². The predicted molar refractivity (Wildman–Crippen MR) is 128 cm³/mol. The smallest absolute Gasteiger partial charge is 0.225 e. The summed E-state index contributed by atoms with van der Waals surface area (Å²) in [6, 6.07) is 7.22. The summed E-state index contributed by atoms with van der Waals surface area (Å²) in [5, 5.41) is 0. The number of carbonyl (C=O) groups is 1. The molecule has 2 aromatic rings. The van der Waals surface area contributed by atoms with Crippen LogP contribution < -0.4 is 5.73 Å². The number of amides is 1. The van der Waals surface area contributed by atoms with Gasteiger partial charge < -0.3 is 20.1 Å². The van der Waals surface area contributed by atoms with Crippen molar-refractivity contribution in [3.05, 3.63) is 52.9 Å². The Morgan fingerprint density at radius 3 is 2.61 bits per heavy atom. The third kappa shape index (κ3) is 5.14. The quantitative estimate of drug-likeness (QED) is 0.715. The van der Waals surface area contributed by atoms with Crippen LogP contribution in [-0.4, -0.2) is 50.9 Å². The number of hydrogen-bond donors (Lipinski definition) is 1. The number of imidazole rings is 1. The van der Waals surface area contributed by atoms with Crippen LogP contribution in [0, 0.1) is 18.7 Å². The Morgan fingerprint density at radius 2 is 1.94 bits per heavy atom. The topological polar surface area (TPSA) is 67.4 Å². The maximum Gasteiger partial charge on any atom is 0.225 e. The summed E-state index contributed by atoms with van der Waals surface area (Å²) in [5.41, 5.74) is 9.65. The van der Waals surface area contributed by atoms with Crippen LogP contribution in [0.3, 0.4) is 0 Å². The molecule has 1 amide bonds. The van der Waals surface area contributed by atoms with E-state index < -0.39 is 0 Å². The number of aryl methyl sites for hydroxylation is 1. The van der Waals surface area contributed by atoms with Gasteiger partial charge in [0.25, 0.3) is 0 Å². The molecule has 3 heterocycles. The van der Waals surface area contributed by atoms with E-state index in [2.05, 4.69) is 23.3 Å². The molecular weight excluding hydrogens is 417 g/mol. The number of piperidine rings is 1. The van der Waals surface area contributed by atoms with Gasteiger partial charge in [-0.2, -0.15) is 0 Å². The molecule has 2 atom stereocenters. The van der Waals surface area contributed by atoms with Crippen LogP contribution in [0.2, 0.25) is 0 Å². The summed E-state index contributed by atoms with van der Waals surface area (Å²) in [6.45, 7) is 11.7. The monoisotopic (exact) mass is 455 g/mol. The predicted octanol–water partition coefficient (Wildman–Crippen LogP) is 3.99. The third-order valence-corrected chi connectivity index (χ3v) is 7.39. The van der Waals surface area contributed by atoms with Crippen molar-refractivity contribution in [3.63, 3.8) is 0 Å². The summed E-state index contributed by atoms with van der Waals surface area (Å²) in [4.78, 5) is 21.9. The molecule has 6 nitrogen and oxygen atoms in total. The molecule has 2 aliphatic rings. The van der Waals surface area contributed by atoms with Crippen molar-refractivity contribution in [2.75, 3.05) is 19.6 Å². The first-order valence-electron chi connectivity index (χ1n) is 12.3. The van der Waals surface area contributed by atoms with Crippen molar-refractivity contribution in [2.24, 2.45) is 11.7 Å². The van der Waals surface area contributed by atoms with Gasteiger partial charge in [0.2, 0.25) is 5.91 Å². The SMILES string of the molecule is Cc1nc2c(n1C1CCN(C(C)C[C@H](N)c3cccc(F)c3)CC1)CN(C(=O)C(C)C)CC2. The standard InChI is InChI=1S/C26H38FN5O/c1-17(2)26(33)31-13-10-24-25(16-31)32(19(4)29-24)22-8-11-30(12-9-22)18(3)14-23(28)20-6-5-7-21(27)15-20/h5-7,15,17-18,22-23H,8-14,16,28H2,1-4H3/t18?,23-/m0/s1. The Labute approximate surface area is 197 Å². The van der Waals surface area contributed by atoms with E-state index >= 15 is 0 Å². The highest BCUT2D eigenvalue weighted by Gasteiger charge is 2.31. The zero-order valence-corrected chi connectivity index (χ0v) is 20.4. The number of likely N-dealkylation sites (tertiary alicyclic amines) is 1. The van der Waals surface area contributed by atoms with Gasteiger partial charge in [-0.1, -0.05) is 26.0 Å². The van der Waals surface area contributed by atoms with Gasteiger partial charge in [0.05, 0.1) is 17.9 Å². The van der Waals surface area contributed by atoms with Gasteiger partial charge in [0, 0.05) is 50.1 Å². The third-order valence-electron chi connectivity index (χ3n) is 7.39. The molecule has 0 bridgehead atoms. The average molecular weight is 456 g/mol. The van der Waals surface area contributed by atoms with Crippen molar-refractivity contribution >= 4 is 5.91 Å². The van der Waals surface area contributed by atoms with Crippen LogP contribution in [0.15, 0.2) is 24.3 Å². The molecule has 0 spiro atoms. The Morgan fingerprint density at radius 1 is 1.21 bits per heavy atom. The summed E-state index contributed by atoms with van der Waals surface area (Å²) < 4.78 is 16.0. The second kappa shape index (κ2) is 9.94. The average Bonchev–Trinajstić information content (AvgIpc) is 3.13. The second-order valence-electron chi connectivity index (χ2n) is 10.1. The van der Waals surface area contributed by atoms with E-state index in [-0.39, 0.29) is 23.7 Å². The normalized spacial score (nSPS) is 19.5. The fourth-order valence-electron chi connectivity index (χ4n) is 5.53. The van der Waals surface area contributed by atoms with Crippen molar-refractivity contribution in [1.29, 1.82) is 0 Å². The summed E-state index contributed by atoms with van der Waals surface area (Å²) in [5.74, 6) is 1.08. The molecule has 1 unspecified atom stereocenters. The number of benzene rings is 1. The maximum absolute atomic E-state index is 13.6. The summed E-state index contributed by atoms with van der Waals surface area (Å²) in [7, 11) is 0. The van der Waals surface area contributed by atoms with Crippen LogP contribution >= 0.6 is 0 Å². The van der Waals surface area contributed by atoms with Gasteiger partial charge in [-0.25, -0.2) is 9.37 Å². The first kappa shape index (κ1) is 23.9. The fraction of sp³-hybridized carbons (Fsp3) is 0.615. The van der Waals surface area contributed by atoms with Gasteiger partial charge in [-0.05, 0) is 50.8 Å². The Hall–Kier alpha value is -2.25. The molecule has 2 aliphatic heterocycles. The highest BCUT2D eigenvalue weighted by molar-refractivity contribution is 5.78. The maximum atomic E-state index is 13.6. The van der Waals surface area contributed by atoms with Gasteiger partial charge in [0.1, 0.15) is 11.6 Å². The largest absolute Gasteiger partial charge is 0.336 e. The van der Waals surface area contributed by atoms with E-state index in [1.54, 1.807) is 12.1 Å². The Kier molecular flexibility index (Phi) is 7.19. The van der Waals surface area contributed by atoms with Crippen LogP contribution in [0.5, 0.6) is 0 Å². The molecule has 33 heavy (non-hydrogen) atoms. The number of carbonyl (C=O) groups excluding carboxylic acids is 1. The molecule has 1 aromatic carbocycles. The lowest BCUT2D eigenvalue weighted by Gasteiger charge is -2.39. The van der Waals surface area contributed by atoms with Gasteiger partial charge in [-0.3, -0.25) is 4.79 Å². The zero-order valence-electron chi connectivity index (χ0n) is 20.4. The number of hydrogen-bond acceptors (Lipinski definition) is 4. The summed E-state index contributed by atoms with van der Waals surface area (Å²) in [6.07, 6.45) is 3.76.